The standard InChI is InChI=1S/C15H10F4N4/c16-9-4-11-13(5-10(9)17)23(8-1-2-8)15(21-11)7-3-12(14(18)19)22-20-6-7/h3-6,8,14H,1-2H2. The van der Waals surface area contributed by atoms with Gasteiger partial charge in [-0.3, -0.25) is 0 Å². The van der Waals surface area contributed by atoms with Gasteiger partial charge in [-0.05, 0) is 18.9 Å². The molecule has 4 nitrogen and oxygen atoms in total. The van der Waals surface area contributed by atoms with Crippen LogP contribution < -0.4 is 0 Å². The minimum absolute atomic E-state index is 0.100. The zero-order valence-corrected chi connectivity index (χ0v) is 11.7. The molecule has 0 spiro atoms. The summed E-state index contributed by atoms with van der Waals surface area (Å²) in [6, 6.07) is 3.39. The molecule has 0 N–H and O–H groups in total. The first kappa shape index (κ1) is 14.1. The maximum Gasteiger partial charge on any atom is 0.282 e. The van der Waals surface area contributed by atoms with E-state index in [1.165, 1.54) is 12.3 Å². The van der Waals surface area contributed by atoms with Crippen molar-refractivity contribution < 1.29 is 17.6 Å². The van der Waals surface area contributed by atoms with Gasteiger partial charge in [-0.15, -0.1) is 5.10 Å². The molecule has 1 saturated carbocycles. The van der Waals surface area contributed by atoms with E-state index in [9.17, 15) is 17.6 Å². The van der Waals surface area contributed by atoms with Crippen LogP contribution in [0.2, 0.25) is 0 Å². The van der Waals surface area contributed by atoms with Crippen LogP contribution in [0.3, 0.4) is 0 Å². The third kappa shape index (κ3) is 2.34. The Morgan fingerprint density at radius 1 is 1.09 bits per heavy atom. The number of alkyl halides is 2. The van der Waals surface area contributed by atoms with Crippen molar-refractivity contribution in [2.75, 3.05) is 0 Å². The van der Waals surface area contributed by atoms with E-state index < -0.39 is 23.8 Å². The number of aromatic nitrogens is 4. The lowest BCUT2D eigenvalue weighted by Crippen LogP contribution is -2.00. The van der Waals surface area contributed by atoms with Gasteiger partial charge in [0.1, 0.15) is 11.5 Å². The Morgan fingerprint density at radius 2 is 1.83 bits per heavy atom. The molecule has 0 atom stereocenters. The molecule has 0 saturated heterocycles. The maximum absolute atomic E-state index is 13.6. The Kier molecular flexibility index (Phi) is 3.07. The van der Waals surface area contributed by atoms with Gasteiger partial charge in [0.05, 0.1) is 17.2 Å². The number of rotatable bonds is 3. The molecule has 0 radical (unpaired) electrons. The van der Waals surface area contributed by atoms with Gasteiger partial charge in [-0.2, -0.15) is 5.10 Å². The lowest BCUT2D eigenvalue weighted by molar-refractivity contribution is 0.145. The Hall–Kier alpha value is -2.51. The normalized spacial score (nSPS) is 14.8. The van der Waals surface area contributed by atoms with Gasteiger partial charge >= 0.3 is 0 Å². The summed E-state index contributed by atoms with van der Waals surface area (Å²) in [6.07, 6.45) is 0.310. The number of hydrogen-bond acceptors (Lipinski definition) is 3. The third-order valence-corrected chi connectivity index (χ3v) is 3.80. The molecular formula is C15H10F4N4. The number of fused-ring (bicyclic) bond motifs is 1. The molecule has 0 unspecified atom stereocenters. The highest BCUT2D eigenvalue weighted by molar-refractivity contribution is 5.81. The van der Waals surface area contributed by atoms with Crippen molar-refractivity contribution in [2.45, 2.75) is 25.3 Å². The zero-order chi connectivity index (χ0) is 16.1. The zero-order valence-electron chi connectivity index (χ0n) is 11.7. The quantitative estimate of drug-likeness (QED) is 0.684. The highest BCUT2D eigenvalue weighted by Gasteiger charge is 2.29. The summed E-state index contributed by atoms with van der Waals surface area (Å²) in [5, 5.41) is 6.96. The molecule has 118 valence electrons. The van der Waals surface area contributed by atoms with E-state index in [-0.39, 0.29) is 11.6 Å². The number of hydrogen-bond donors (Lipinski definition) is 0. The topological polar surface area (TPSA) is 43.6 Å². The molecule has 2 heterocycles. The van der Waals surface area contributed by atoms with Crippen molar-refractivity contribution in [1.29, 1.82) is 0 Å². The van der Waals surface area contributed by atoms with Crippen LogP contribution in [-0.2, 0) is 0 Å². The first-order chi connectivity index (χ1) is 11.0. The largest absolute Gasteiger partial charge is 0.321 e. The molecule has 1 fully saturated rings. The van der Waals surface area contributed by atoms with Gasteiger partial charge in [-0.1, -0.05) is 0 Å². The summed E-state index contributed by atoms with van der Waals surface area (Å²) in [6.45, 7) is 0. The molecular weight excluding hydrogens is 312 g/mol. The fourth-order valence-electron chi connectivity index (χ4n) is 2.61. The van der Waals surface area contributed by atoms with Crippen molar-refractivity contribution in [1.82, 2.24) is 19.7 Å². The van der Waals surface area contributed by atoms with Crippen LogP contribution in [0.15, 0.2) is 24.4 Å². The monoisotopic (exact) mass is 322 g/mol. The lowest BCUT2D eigenvalue weighted by Gasteiger charge is -2.08. The first-order valence-electron chi connectivity index (χ1n) is 7.02. The molecule has 8 heteroatoms. The van der Waals surface area contributed by atoms with E-state index >= 15 is 0 Å². The third-order valence-electron chi connectivity index (χ3n) is 3.80. The van der Waals surface area contributed by atoms with Crippen LogP contribution >= 0.6 is 0 Å². The van der Waals surface area contributed by atoms with E-state index in [1.807, 2.05) is 0 Å². The van der Waals surface area contributed by atoms with Crippen molar-refractivity contribution in [2.24, 2.45) is 0 Å². The van der Waals surface area contributed by atoms with Crippen LogP contribution in [-0.4, -0.2) is 19.7 Å². The molecule has 0 aliphatic heterocycles. The number of nitrogens with zero attached hydrogens (tertiary/aromatic N) is 4. The van der Waals surface area contributed by atoms with Crippen LogP contribution in [0.1, 0.15) is 31.0 Å². The fraction of sp³-hybridized carbons (Fsp3) is 0.267. The summed E-state index contributed by atoms with van der Waals surface area (Å²) >= 11 is 0. The van der Waals surface area contributed by atoms with Crippen LogP contribution in [0.25, 0.3) is 22.4 Å². The molecule has 23 heavy (non-hydrogen) atoms. The van der Waals surface area contributed by atoms with Gasteiger partial charge in [0.25, 0.3) is 6.43 Å². The second kappa shape index (κ2) is 5.00. The van der Waals surface area contributed by atoms with Crippen LogP contribution in [0, 0.1) is 11.6 Å². The maximum atomic E-state index is 13.6. The van der Waals surface area contributed by atoms with Crippen LogP contribution in [0.4, 0.5) is 17.6 Å². The van der Waals surface area contributed by atoms with Gasteiger partial charge in [0, 0.05) is 23.7 Å². The number of benzene rings is 1. The molecule has 1 aliphatic rings. The highest BCUT2D eigenvalue weighted by atomic mass is 19.3. The van der Waals surface area contributed by atoms with Crippen molar-refractivity contribution in [3.63, 3.8) is 0 Å². The van der Waals surface area contributed by atoms with Crippen molar-refractivity contribution in [3.05, 3.63) is 41.7 Å². The highest BCUT2D eigenvalue weighted by Crippen LogP contribution is 2.41. The Balaban J connectivity index is 1.96. The van der Waals surface area contributed by atoms with E-state index in [2.05, 4.69) is 15.2 Å². The van der Waals surface area contributed by atoms with E-state index in [0.29, 0.717) is 16.9 Å². The molecule has 4 rings (SSSR count). The van der Waals surface area contributed by atoms with E-state index in [1.54, 1.807) is 4.57 Å². The molecule has 2 aromatic heterocycles. The molecule has 1 aromatic carbocycles. The summed E-state index contributed by atoms with van der Waals surface area (Å²) in [7, 11) is 0. The average Bonchev–Trinajstić information content (AvgIpc) is 3.30. The summed E-state index contributed by atoms with van der Waals surface area (Å²) in [5.41, 5.74) is 0.603. The minimum Gasteiger partial charge on any atom is -0.321 e. The van der Waals surface area contributed by atoms with Gasteiger partial charge in [0.2, 0.25) is 0 Å². The Morgan fingerprint density at radius 3 is 2.52 bits per heavy atom. The van der Waals surface area contributed by atoms with Gasteiger partial charge in [0.15, 0.2) is 11.6 Å². The van der Waals surface area contributed by atoms with Gasteiger partial charge in [-0.25, -0.2) is 22.5 Å². The second-order valence-electron chi connectivity index (χ2n) is 5.46. The molecule has 0 amide bonds. The number of halogens is 4. The van der Waals surface area contributed by atoms with Crippen molar-refractivity contribution >= 4 is 11.0 Å². The molecule has 0 bridgehead atoms. The SMILES string of the molecule is Fc1cc2nc(-c3cnnc(C(F)F)c3)n(C3CC3)c2cc1F. The van der Waals surface area contributed by atoms with Gasteiger partial charge < -0.3 is 4.57 Å². The molecule has 1 aliphatic carbocycles. The summed E-state index contributed by atoms with van der Waals surface area (Å²) < 4.78 is 54.4. The fourth-order valence-corrected chi connectivity index (χ4v) is 2.61. The first-order valence-corrected chi connectivity index (χ1v) is 7.02. The predicted octanol–water partition coefficient (Wildman–Crippen LogP) is 4.04. The minimum atomic E-state index is -2.75. The Bertz CT molecular complexity index is 902. The summed E-state index contributed by atoms with van der Waals surface area (Å²) in [4.78, 5) is 4.29. The van der Waals surface area contributed by atoms with Crippen molar-refractivity contribution in [3.8, 4) is 11.4 Å². The summed E-state index contributed by atoms with van der Waals surface area (Å²) in [5.74, 6) is -1.60. The Labute approximate surface area is 127 Å². The lowest BCUT2D eigenvalue weighted by atomic mass is 10.2. The van der Waals surface area contributed by atoms with E-state index in [4.69, 9.17) is 0 Å². The van der Waals surface area contributed by atoms with E-state index in [0.717, 1.165) is 25.0 Å². The average molecular weight is 322 g/mol. The second-order valence-corrected chi connectivity index (χ2v) is 5.46. The molecule has 3 aromatic rings. The number of imidazole rings is 1. The predicted molar refractivity (Wildman–Crippen MR) is 73.9 cm³/mol. The van der Waals surface area contributed by atoms with Crippen LogP contribution in [0.5, 0.6) is 0 Å². The smallest absolute Gasteiger partial charge is 0.282 e.